The maximum absolute atomic E-state index is 12.0. The van der Waals surface area contributed by atoms with E-state index in [1.807, 2.05) is 0 Å². The largest absolute Gasteiger partial charge is 0.573 e. The average Bonchev–Trinajstić information content (AvgIpc) is 2.69. The molecule has 1 heterocycles. The first-order valence-corrected chi connectivity index (χ1v) is 6.34. The summed E-state index contributed by atoms with van der Waals surface area (Å²) < 4.78 is 45.3. The van der Waals surface area contributed by atoms with Gasteiger partial charge >= 0.3 is 6.36 Å². The van der Waals surface area contributed by atoms with Gasteiger partial charge in [0, 0.05) is 12.0 Å². The highest BCUT2D eigenvalue weighted by molar-refractivity contribution is 5.30. The molecule has 3 nitrogen and oxygen atoms in total. The Morgan fingerprint density at radius 3 is 2.29 bits per heavy atom. The van der Waals surface area contributed by atoms with E-state index < -0.39 is 12.5 Å². The lowest BCUT2D eigenvalue weighted by Gasteiger charge is -2.11. The van der Waals surface area contributed by atoms with Gasteiger partial charge in [-0.15, -0.1) is 13.2 Å². The molecule has 6 heteroatoms. The number of halogens is 3. The standard InChI is InChI=1S/C15H15F3O3/c1-9-7-13(10(2)20-9)14(19)8-11-3-5-12(6-4-11)21-15(16,17)18/h3-7,14,19H,8H2,1-2H3. The predicted molar refractivity (Wildman–Crippen MR) is 70.0 cm³/mol. The van der Waals surface area contributed by atoms with Gasteiger partial charge in [0.1, 0.15) is 17.3 Å². The number of furan rings is 1. The summed E-state index contributed by atoms with van der Waals surface area (Å²) in [7, 11) is 0. The third-order valence-corrected chi connectivity index (χ3v) is 3.02. The Morgan fingerprint density at radius 1 is 1.19 bits per heavy atom. The number of hydrogen-bond acceptors (Lipinski definition) is 3. The third-order valence-electron chi connectivity index (χ3n) is 3.02. The monoisotopic (exact) mass is 300 g/mol. The van der Waals surface area contributed by atoms with Gasteiger partial charge in [-0.1, -0.05) is 12.1 Å². The number of ether oxygens (including phenoxy) is 1. The first-order valence-electron chi connectivity index (χ1n) is 6.34. The quantitative estimate of drug-likeness (QED) is 0.925. The summed E-state index contributed by atoms with van der Waals surface area (Å²) in [6, 6.07) is 7.19. The summed E-state index contributed by atoms with van der Waals surface area (Å²) >= 11 is 0. The highest BCUT2D eigenvalue weighted by atomic mass is 19.4. The van der Waals surface area contributed by atoms with Crippen LogP contribution in [-0.2, 0) is 6.42 Å². The van der Waals surface area contributed by atoms with Crippen LogP contribution in [0.5, 0.6) is 5.75 Å². The Hall–Kier alpha value is -1.95. The molecule has 1 aromatic carbocycles. The second-order valence-corrected chi connectivity index (χ2v) is 4.78. The summed E-state index contributed by atoms with van der Waals surface area (Å²) in [5, 5.41) is 10.2. The van der Waals surface area contributed by atoms with Gasteiger partial charge in [0.2, 0.25) is 0 Å². The highest BCUT2D eigenvalue weighted by Crippen LogP contribution is 2.27. The molecular formula is C15H15F3O3. The van der Waals surface area contributed by atoms with Crippen molar-refractivity contribution in [2.45, 2.75) is 32.7 Å². The van der Waals surface area contributed by atoms with Crippen LogP contribution in [0.2, 0.25) is 0 Å². The van der Waals surface area contributed by atoms with Crippen LogP contribution in [0.15, 0.2) is 34.7 Å². The summed E-state index contributed by atoms with van der Waals surface area (Å²) in [4.78, 5) is 0. The zero-order valence-electron chi connectivity index (χ0n) is 11.6. The third kappa shape index (κ3) is 4.26. The minimum absolute atomic E-state index is 0.281. The minimum atomic E-state index is -4.70. The lowest BCUT2D eigenvalue weighted by molar-refractivity contribution is -0.274. The fourth-order valence-electron chi connectivity index (χ4n) is 2.14. The van der Waals surface area contributed by atoms with Crippen molar-refractivity contribution in [3.8, 4) is 5.75 Å². The smallest absolute Gasteiger partial charge is 0.466 e. The fraction of sp³-hybridized carbons (Fsp3) is 0.333. The van der Waals surface area contributed by atoms with E-state index >= 15 is 0 Å². The number of aryl methyl sites for hydroxylation is 2. The molecule has 0 aliphatic carbocycles. The second-order valence-electron chi connectivity index (χ2n) is 4.78. The van der Waals surface area contributed by atoms with Crippen molar-refractivity contribution in [2.75, 3.05) is 0 Å². The van der Waals surface area contributed by atoms with Gasteiger partial charge < -0.3 is 14.3 Å². The minimum Gasteiger partial charge on any atom is -0.466 e. The van der Waals surface area contributed by atoms with Gasteiger partial charge in [0.25, 0.3) is 0 Å². The average molecular weight is 300 g/mol. The summed E-state index contributed by atoms with van der Waals surface area (Å²) in [6.07, 6.45) is -5.18. The maximum Gasteiger partial charge on any atom is 0.573 e. The normalized spacial score (nSPS) is 13.2. The summed E-state index contributed by atoms with van der Waals surface area (Å²) in [5.41, 5.74) is 1.39. The molecule has 114 valence electrons. The zero-order valence-corrected chi connectivity index (χ0v) is 11.6. The molecule has 1 atom stereocenters. The Bertz CT molecular complexity index is 600. The Labute approximate surface area is 120 Å². The Balaban J connectivity index is 2.05. The van der Waals surface area contributed by atoms with Gasteiger partial charge in [-0.3, -0.25) is 0 Å². The van der Waals surface area contributed by atoms with Crippen LogP contribution in [0.3, 0.4) is 0 Å². The Morgan fingerprint density at radius 2 is 1.81 bits per heavy atom. The number of rotatable bonds is 4. The molecule has 0 amide bonds. The van der Waals surface area contributed by atoms with Gasteiger partial charge in [0.15, 0.2) is 0 Å². The van der Waals surface area contributed by atoms with Crippen LogP contribution in [-0.4, -0.2) is 11.5 Å². The SMILES string of the molecule is Cc1cc(C(O)Cc2ccc(OC(F)(F)F)cc2)c(C)o1. The molecule has 0 radical (unpaired) electrons. The number of hydrogen-bond donors (Lipinski definition) is 1. The van der Waals surface area contributed by atoms with E-state index in [-0.39, 0.29) is 12.2 Å². The van der Waals surface area contributed by atoms with Crippen LogP contribution >= 0.6 is 0 Å². The van der Waals surface area contributed by atoms with Crippen molar-refractivity contribution in [2.24, 2.45) is 0 Å². The molecule has 0 aliphatic rings. The number of alkyl halides is 3. The first kappa shape index (κ1) is 15.4. The van der Waals surface area contributed by atoms with Gasteiger partial charge in [-0.2, -0.15) is 0 Å². The molecule has 2 aromatic rings. The number of aliphatic hydroxyl groups is 1. The zero-order chi connectivity index (χ0) is 15.6. The molecule has 1 N–H and O–H groups in total. The lowest BCUT2D eigenvalue weighted by Crippen LogP contribution is -2.17. The van der Waals surface area contributed by atoms with Crippen molar-refractivity contribution >= 4 is 0 Å². The van der Waals surface area contributed by atoms with Crippen molar-refractivity contribution in [1.29, 1.82) is 0 Å². The van der Waals surface area contributed by atoms with Crippen molar-refractivity contribution in [3.63, 3.8) is 0 Å². The van der Waals surface area contributed by atoms with Crippen LogP contribution in [0.4, 0.5) is 13.2 Å². The molecule has 2 rings (SSSR count). The number of aliphatic hydroxyl groups excluding tert-OH is 1. The predicted octanol–water partition coefficient (Wildman–Crippen LogP) is 4.07. The second kappa shape index (κ2) is 5.81. The highest BCUT2D eigenvalue weighted by Gasteiger charge is 2.31. The fourth-order valence-corrected chi connectivity index (χ4v) is 2.14. The molecule has 0 saturated carbocycles. The molecular weight excluding hydrogens is 285 g/mol. The van der Waals surface area contributed by atoms with Crippen molar-refractivity contribution in [3.05, 3.63) is 53.0 Å². The topological polar surface area (TPSA) is 42.6 Å². The van der Waals surface area contributed by atoms with E-state index in [1.165, 1.54) is 24.3 Å². The molecule has 0 fully saturated rings. The van der Waals surface area contributed by atoms with E-state index in [4.69, 9.17) is 4.42 Å². The first-order chi connectivity index (χ1) is 9.74. The van der Waals surface area contributed by atoms with Crippen LogP contribution in [0.25, 0.3) is 0 Å². The molecule has 0 spiro atoms. The molecule has 0 bridgehead atoms. The van der Waals surface area contributed by atoms with Crippen molar-refractivity contribution < 1.29 is 27.4 Å². The van der Waals surface area contributed by atoms with E-state index in [9.17, 15) is 18.3 Å². The maximum atomic E-state index is 12.0. The van der Waals surface area contributed by atoms with Gasteiger partial charge in [-0.25, -0.2) is 0 Å². The van der Waals surface area contributed by atoms with Crippen molar-refractivity contribution in [1.82, 2.24) is 0 Å². The molecule has 0 saturated heterocycles. The molecule has 21 heavy (non-hydrogen) atoms. The van der Waals surface area contributed by atoms with Crippen LogP contribution in [0.1, 0.15) is 28.8 Å². The van der Waals surface area contributed by atoms with Crippen LogP contribution in [0, 0.1) is 13.8 Å². The van der Waals surface area contributed by atoms with Gasteiger partial charge in [-0.05, 0) is 37.6 Å². The lowest BCUT2D eigenvalue weighted by atomic mass is 10.0. The summed E-state index contributed by atoms with van der Waals surface area (Å²) in [5.74, 6) is 1.06. The van der Waals surface area contributed by atoms with E-state index in [0.29, 0.717) is 22.6 Å². The molecule has 0 aliphatic heterocycles. The van der Waals surface area contributed by atoms with E-state index in [0.717, 1.165) is 0 Å². The van der Waals surface area contributed by atoms with E-state index in [1.54, 1.807) is 19.9 Å². The molecule has 1 aromatic heterocycles. The van der Waals surface area contributed by atoms with Gasteiger partial charge in [0.05, 0.1) is 6.10 Å². The molecule has 1 unspecified atom stereocenters. The van der Waals surface area contributed by atoms with E-state index in [2.05, 4.69) is 4.74 Å². The number of benzene rings is 1. The summed E-state index contributed by atoms with van der Waals surface area (Å²) in [6.45, 7) is 3.54. The van der Waals surface area contributed by atoms with Crippen LogP contribution < -0.4 is 4.74 Å². The Kier molecular flexibility index (Phi) is 4.27.